The fraction of sp³-hybridized carbons (Fsp3) is 0.276. The molecule has 7 nitrogen and oxygen atoms in total. The van der Waals surface area contributed by atoms with Crippen molar-refractivity contribution in [1.29, 1.82) is 0 Å². The number of ether oxygens (including phenoxy) is 1. The largest absolute Gasteiger partial charge is 0.492 e. The number of carbonyl (C=O) groups excluding carboxylic acids is 1. The number of urea groups is 1. The van der Waals surface area contributed by atoms with Gasteiger partial charge in [0.15, 0.2) is 0 Å². The molecule has 3 aromatic carbocycles. The Morgan fingerprint density at radius 1 is 1.16 bits per heavy atom. The molecule has 0 bridgehead atoms. The highest BCUT2D eigenvalue weighted by atomic mass is 19.1. The lowest BCUT2D eigenvalue weighted by atomic mass is 9.99. The van der Waals surface area contributed by atoms with Crippen molar-refractivity contribution in [1.82, 2.24) is 14.5 Å². The number of halogens is 1. The smallest absolute Gasteiger partial charge is 0.323 e. The van der Waals surface area contributed by atoms with Gasteiger partial charge in [0.2, 0.25) is 0 Å². The summed E-state index contributed by atoms with van der Waals surface area (Å²) in [5, 5.41) is 3.27. The molecule has 1 N–H and O–H groups in total. The molecule has 0 radical (unpaired) electrons. The van der Waals surface area contributed by atoms with Gasteiger partial charge in [0.05, 0.1) is 35.3 Å². The van der Waals surface area contributed by atoms with Crippen LogP contribution in [0.5, 0.6) is 5.75 Å². The van der Waals surface area contributed by atoms with Gasteiger partial charge in [-0.25, -0.2) is 14.2 Å². The molecular weight excluding hydrogens is 471 g/mol. The first-order valence-corrected chi connectivity index (χ1v) is 12.5. The summed E-state index contributed by atoms with van der Waals surface area (Å²) >= 11 is 0. The second kappa shape index (κ2) is 10.4. The number of anilines is 1. The minimum atomic E-state index is -0.481. The van der Waals surface area contributed by atoms with E-state index in [9.17, 15) is 14.0 Å². The summed E-state index contributed by atoms with van der Waals surface area (Å²) < 4.78 is 21.2. The fourth-order valence-electron chi connectivity index (χ4n) is 5.03. The molecule has 2 unspecified atom stereocenters. The monoisotopic (exact) mass is 500 g/mol. The van der Waals surface area contributed by atoms with Gasteiger partial charge in [0.1, 0.15) is 17.4 Å². The normalized spacial score (nSPS) is 15.6. The molecule has 1 aromatic heterocycles. The van der Waals surface area contributed by atoms with E-state index in [4.69, 9.17) is 9.72 Å². The highest BCUT2D eigenvalue weighted by Crippen LogP contribution is 2.37. The first-order valence-electron chi connectivity index (χ1n) is 12.5. The van der Waals surface area contributed by atoms with Crippen LogP contribution in [-0.2, 0) is 6.54 Å². The van der Waals surface area contributed by atoms with Crippen LogP contribution in [0.4, 0.5) is 14.9 Å². The van der Waals surface area contributed by atoms with Crippen LogP contribution in [0.3, 0.4) is 0 Å². The molecule has 4 aromatic rings. The lowest BCUT2D eigenvalue weighted by Crippen LogP contribution is -2.44. The van der Waals surface area contributed by atoms with Gasteiger partial charge < -0.3 is 15.0 Å². The van der Waals surface area contributed by atoms with Crippen LogP contribution in [0, 0.1) is 5.82 Å². The zero-order valence-electron chi connectivity index (χ0n) is 20.9. The second-order valence-electron chi connectivity index (χ2n) is 9.10. The predicted octanol–water partition coefficient (Wildman–Crippen LogP) is 6.06. The maximum absolute atomic E-state index is 14.0. The first-order chi connectivity index (χ1) is 18.0. The number of aromatic nitrogens is 2. The topological polar surface area (TPSA) is 76.5 Å². The second-order valence-corrected chi connectivity index (χ2v) is 9.10. The third kappa shape index (κ3) is 4.79. The average Bonchev–Trinajstić information content (AvgIpc) is 2.91. The number of rotatable bonds is 6. The van der Waals surface area contributed by atoms with Crippen LogP contribution in [0.2, 0.25) is 0 Å². The third-order valence-electron chi connectivity index (χ3n) is 6.80. The summed E-state index contributed by atoms with van der Waals surface area (Å²) in [6, 6.07) is 20.0. The quantitative estimate of drug-likeness (QED) is 0.349. The Balaban J connectivity index is 1.61. The Morgan fingerprint density at radius 3 is 2.70 bits per heavy atom. The highest BCUT2D eigenvalue weighted by Gasteiger charge is 2.36. The van der Waals surface area contributed by atoms with Crippen molar-refractivity contribution >= 4 is 22.6 Å². The number of benzene rings is 3. The molecule has 0 spiro atoms. The van der Waals surface area contributed by atoms with Gasteiger partial charge >= 0.3 is 6.03 Å². The van der Waals surface area contributed by atoms with Crippen molar-refractivity contribution in [3.05, 3.63) is 100 Å². The van der Waals surface area contributed by atoms with Crippen molar-refractivity contribution in [2.45, 2.75) is 45.3 Å². The number of nitrogens with zero attached hydrogens (tertiary/aromatic N) is 3. The van der Waals surface area contributed by atoms with Crippen LogP contribution < -0.4 is 15.6 Å². The molecular formula is C29H29FN4O3. The highest BCUT2D eigenvalue weighted by molar-refractivity contribution is 5.91. The molecule has 2 heterocycles. The van der Waals surface area contributed by atoms with Crippen molar-refractivity contribution in [2.24, 2.45) is 0 Å². The number of hydrogen-bond donors (Lipinski definition) is 1. The van der Waals surface area contributed by atoms with Gasteiger partial charge in [0.25, 0.3) is 5.56 Å². The van der Waals surface area contributed by atoms with E-state index in [1.54, 1.807) is 15.5 Å². The van der Waals surface area contributed by atoms with Crippen molar-refractivity contribution in [3.8, 4) is 5.75 Å². The van der Waals surface area contributed by atoms with Crippen molar-refractivity contribution in [3.63, 3.8) is 0 Å². The Morgan fingerprint density at radius 2 is 1.92 bits per heavy atom. The molecule has 0 saturated heterocycles. The minimum absolute atomic E-state index is 0.238. The van der Waals surface area contributed by atoms with E-state index in [1.807, 2.05) is 62.4 Å². The van der Waals surface area contributed by atoms with Gasteiger partial charge in [-0.15, -0.1) is 0 Å². The van der Waals surface area contributed by atoms with E-state index in [1.165, 1.54) is 18.2 Å². The molecule has 0 fully saturated rings. The Bertz CT molecular complexity index is 1490. The minimum Gasteiger partial charge on any atom is -0.492 e. The van der Waals surface area contributed by atoms with Crippen molar-refractivity contribution in [2.75, 3.05) is 11.9 Å². The number of nitrogens with one attached hydrogen (secondary N) is 1. The van der Waals surface area contributed by atoms with E-state index in [0.717, 1.165) is 5.56 Å². The Hall–Kier alpha value is -4.20. The maximum Gasteiger partial charge on any atom is 0.323 e. The maximum atomic E-state index is 14.0. The summed E-state index contributed by atoms with van der Waals surface area (Å²) in [6.45, 7) is 4.79. The SMILES string of the molecule is CCOc1ccccc1NC(=O)N(C(C)c1ccccc1)C1CCCn2c1nc1ccc(F)cc1c2=O. The van der Waals surface area contributed by atoms with Crippen molar-refractivity contribution < 1.29 is 13.9 Å². The molecule has 5 rings (SSSR count). The molecule has 1 aliphatic heterocycles. The van der Waals surface area contributed by atoms with Crippen LogP contribution in [-0.4, -0.2) is 27.1 Å². The molecule has 190 valence electrons. The summed E-state index contributed by atoms with van der Waals surface area (Å²) in [5.74, 6) is 0.606. The fourth-order valence-corrected chi connectivity index (χ4v) is 5.03. The van der Waals surface area contributed by atoms with Crippen LogP contribution in [0.25, 0.3) is 10.9 Å². The first kappa shape index (κ1) is 24.5. The number of para-hydroxylation sites is 2. The Labute approximate surface area is 214 Å². The lowest BCUT2D eigenvalue weighted by molar-refractivity contribution is 0.140. The van der Waals surface area contributed by atoms with E-state index in [-0.39, 0.29) is 23.0 Å². The predicted molar refractivity (Wildman–Crippen MR) is 141 cm³/mol. The van der Waals surface area contributed by atoms with E-state index in [2.05, 4.69) is 5.32 Å². The summed E-state index contributed by atoms with van der Waals surface area (Å²) in [6.07, 6.45) is 1.32. The lowest BCUT2D eigenvalue weighted by Gasteiger charge is -2.39. The van der Waals surface area contributed by atoms with Gasteiger partial charge in [-0.2, -0.15) is 0 Å². The Kier molecular flexibility index (Phi) is 6.90. The third-order valence-corrected chi connectivity index (χ3v) is 6.80. The van der Waals surface area contributed by atoms with Crippen LogP contribution >= 0.6 is 0 Å². The van der Waals surface area contributed by atoms with Gasteiger partial charge in [-0.3, -0.25) is 9.36 Å². The molecule has 1 aliphatic rings. The number of hydrogen-bond acceptors (Lipinski definition) is 4. The number of fused-ring (bicyclic) bond motifs is 2. The van der Waals surface area contributed by atoms with E-state index in [0.29, 0.717) is 48.8 Å². The molecule has 37 heavy (non-hydrogen) atoms. The summed E-state index contributed by atoms with van der Waals surface area (Å²) in [7, 11) is 0. The van der Waals surface area contributed by atoms with Crippen LogP contribution in [0.1, 0.15) is 50.2 Å². The van der Waals surface area contributed by atoms with Gasteiger partial charge in [-0.1, -0.05) is 42.5 Å². The average molecular weight is 501 g/mol. The summed E-state index contributed by atoms with van der Waals surface area (Å²) in [4.78, 5) is 33.8. The van der Waals surface area contributed by atoms with E-state index < -0.39 is 11.9 Å². The van der Waals surface area contributed by atoms with Crippen LogP contribution in [0.15, 0.2) is 77.6 Å². The molecule has 8 heteroatoms. The zero-order valence-corrected chi connectivity index (χ0v) is 20.9. The van der Waals surface area contributed by atoms with E-state index >= 15 is 0 Å². The molecule has 2 atom stereocenters. The van der Waals surface area contributed by atoms with Gasteiger partial charge in [-0.05, 0) is 62.6 Å². The molecule has 0 saturated carbocycles. The summed E-state index contributed by atoms with van der Waals surface area (Å²) in [5.41, 5.74) is 1.64. The molecule has 2 amide bonds. The molecule has 0 aliphatic carbocycles. The number of amides is 2. The standard InChI is InChI=1S/C29H29FN4O3/c1-3-37-26-14-8-7-12-24(26)32-29(36)34(19(2)20-10-5-4-6-11-20)25-13-9-17-33-27(25)31-23-16-15-21(30)18-22(23)28(33)35/h4-8,10-12,14-16,18-19,25H,3,9,13,17H2,1-2H3,(H,32,36). The number of carbonyl (C=O) groups is 1. The zero-order chi connectivity index (χ0) is 25.9. The van der Waals surface area contributed by atoms with Gasteiger partial charge in [0, 0.05) is 6.54 Å².